The molecule has 0 aliphatic rings. The monoisotopic (exact) mass is 279 g/mol. The van der Waals surface area contributed by atoms with E-state index in [4.69, 9.17) is 4.74 Å². The second kappa shape index (κ2) is 5.94. The van der Waals surface area contributed by atoms with E-state index in [9.17, 15) is 14.7 Å². The summed E-state index contributed by atoms with van der Waals surface area (Å²) in [7, 11) is 0. The number of amides is 1. The Bertz CT molecular complexity index is 517. The lowest BCUT2D eigenvalue weighted by Crippen LogP contribution is -2.42. The van der Waals surface area contributed by atoms with Gasteiger partial charge in [0.2, 0.25) is 0 Å². The zero-order valence-corrected chi connectivity index (χ0v) is 12.5. The van der Waals surface area contributed by atoms with Crippen LogP contribution in [0, 0.1) is 6.92 Å². The number of carbonyl (C=O) groups is 2. The minimum Gasteiger partial charge on any atom is -0.507 e. The fourth-order valence-corrected chi connectivity index (χ4v) is 1.56. The third-order valence-corrected chi connectivity index (χ3v) is 2.51. The van der Waals surface area contributed by atoms with Crippen LogP contribution in [-0.4, -0.2) is 28.6 Å². The van der Waals surface area contributed by atoms with Gasteiger partial charge in [0, 0.05) is 0 Å². The number of ether oxygens (including phenoxy) is 1. The zero-order valence-electron chi connectivity index (χ0n) is 12.5. The topological polar surface area (TPSA) is 75.6 Å². The van der Waals surface area contributed by atoms with Gasteiger partial charge in [-0.3, -0.25) is 4.79 Å². The summed E-state index contributed by atoms with van der Waals surface area (Å²) in [5, 5.41) is 12.2. The average molecular weight is 279 g/mol. The van der Waals surface area contributed by atoms with E-state index < -0.39 is 23.5 Å². The number of esters is 1. The molecule has 0 radical (unpaired) electrons. The molecule has 0 bridgehead atoms. The summed E-state index contributed by atoms with van der Waals surface area (Å²) in [5.74, 6) is -1.14. The third kappa shape index (κ3) is 4.57. The van der Waals surface area contributed by atoms with Crippen molar-refractivity contribution >= 4 is 11.9 Å². The zero-order chi connectivity index (χ0) is 15.5. The van der Waals surface area contributed by atoms with Gasteiger partial charge in [0.15, 0.2) is 0 Å². The minimum atomic E-state index is -0.789. The highest BCUT2D eigenvalue weighted by Crippen LogP contribution is 2.18. The molecule has 0 fully saturated rings. The summed E-state index contributed by atoms with van der Waals surface area (Å²) in [4.78, 5) is 23.7. The normalized spacial score (nSPS) is 12.7. The van der Waals surface area contributed by atoms with E-state index in [1.54, 1.807) is 26.8 Å². The second-order valence-corrected chi connectivity index (χ2v) is 5.75. The molecule has 1 aromatic carbocycles. The van der Waals surface area contributed by atoms with Gasteiger partial charge in [-0.1, -0.05) is 6.07 Å². The fourth-order valence-electron chi connectivity index (χ4n) is 1.56. The number of benzene rings is 1. The molecular weight excluding hydrogens is 258 g/mol. The smallest absolute Gasteiger partial charge is 0.328 e. The van der Waals surface area contributed by atoms with Gasteiger partial charge in [0.1, 0.15) is 17.4 Å². The van der Waals surface area contributed by atoms with Crippen molar-refractivity contribution in [3.8, 4) is 5.75 Å². The van der Waals surface area contributed by atoms with E-state index in [0.717, 1.165) is 5.56 Å². The molecule has 2 N–H and O–H groups in total. The molecule has 1 aromatic rings. The predicted molar refractivity (Wildman–Crippen MR) is 75.6 cm³/mol. The molecule has 1 rings (SSSR count). The van der Waals surface area contributed by atoms with Gasteiger partial charge < -0.3 is 15.2 Å². The molecule has 0 saturated carbocycles. The Morgan fingerprint density at radius 1 is 1.30 bits per heavy atom. The van der Waals surface area contributed by atoms with E-state index in [1.807, 2.05) is 6.92 Å². The molecule has 5 heteroatoms. The highest BCUT2D eigenvalue weighted by molar-refractivity contribution is 5.98. The van der Waals surface area contributed by atoms with Crippen molar-refractivity contribution in [1.29, 1.82) is 0 Å². The second-order valence-electron chi connectivity index (χ2n) is 5.75. The number of aryl methyl sites for hydroxylation is 1. The highest BCUT2D eigenvalue weighted by atomic mass is 16.6. The minimum absolute atomic E-state index is 0.112. The maximum absolute atomic E-state index is 12.0. The number of rotatable bonds is 3. The van der Waals surface area contributed by atoms with Gasteiger partial charge in [-0.25, -0.2) is 4.79 Å². The van der Waals surface area contributed by atoms with Crippen molar-refractivity contribution in [2.75, 3.05) is 0 Å². The van der Waals surface area contributed by atoms with E-state index in [0.29, 0.717) is 0 Å². The molecule has 0 aliphatic carbocycles. The van der Waals surface area contributed by atoms with Crippen LogP contribution >= 0.6 is 0 Å². The molecule has 110 valence electrons. The number of hydrogen-bond acceptors (Lipinski definition) is 4. The predicted octanol–water partition coefficient (Wildman–Crippen LogP) is 2.16. The molecule has 1 amide bonds. The Hall–Kier alpha value is -2.04. The molecule has 20 heavy (non-hydrogen) atoms. The van der Waals surface area contributed by atoms with Gasteiger partial charge in [-0.2, -0.15) is 0 Å². The first-order valence-electron chi connectivity index (χ1n) is 6.43. The maximum atomic E-state index is 12.0. The molecule has 0 unspecified atom stereocenters. The Kier molecular flexibility index (Phi) is 4.76. The fraction of sp³-hybridized carbons (Fsp3) is 0.467. The Balaban J connectivity index is 2.73. The number of phenols is 1. The number of nitrogens with one attached hydrogen (secondary N) is 1. The molecular formula is C15H21NO4. The Labute approximate surface area is 118 Å². The lowest BCUT2D eigenvalue weighted by molar-refractivity contribution is -0.156. The molecule has 0 heterocycles. The molecule has 0 spiro atoms. The first-order valence-corrected chi connectivity index (χ1v) is 6.43. The maximum Gasteiger partial charge on any atom is 0.328 e. The summed E-state index contributed by atoms with van der Waals surface area (Å²) in [6.07, 6.45) is 0. The number of aromatic hydroxyl groups is 1. The molecule has 0 saturated heterocycles. The SMILES string of the molecule is Cc1ccc(C(=O)N[C@H](C)C(=O)OC(C)(C)C)c(O)c1. The van der Waals surface area contributed by atoms with E-state index in [1.165, 1.54) is 19.1 Å². The van der Waals surface area contributed by atoms with Crippen molar-refractivity contribution in [3.63, 3.8) is 0 Å². The molecule has 0 aromatic heterocycles. The largest absolute Gasteiger partial charge is 0.507 e. The van der Waals surface area contributed by atoms with E-state index >= 15 is 0 Å². The summed E-state index contributed by atoms with van der Waals surface area (Å²) < 4.78 is 5.17. The van der Waals surface area contributed by atoms with Crippen LogP contribution in [0.15, 0.2) is 18.2 Å². The molecule has 1 atom stereocenters. The summed E-state index contributed by atoms with van der Waals surface area (Å²) >= 11 is 0. The van der Waals surface area contributed by atoms with Crippen molar-refractivity contribution in [3.05, 3.63) is 29.3 Å². The van der Waals surface area contributed by atoms with Crippen molar-refractivity contribution in [2.45, 2.75) is 46.3 Å². The number of phenolic OH excluding ortho intramolecular Hbond substituents is 1. The Morgan fingerprint density at radius 2 is 1.90 bits per heavy atom. The average Bonchev–Trinajstić information content (AvgIpc) is 2.26. The first kappa shape index (κ1) is 16.0. The van der Waals surface area contributed by atoms with Crippen LogP contribution in [0.4, 0.5) is 0 Å². The van der Waals surface area contributed by atoms with Crippen molar-refractivity contribution in [2.24, 2.45) is 0 Å². The van der Waals surface area contributed by atoms with Gasteiger partial charge >= 0.3 is 5.97 Å². The first-order chi connectivity index (χ1) is 9.10. The van der Waals surface area contributed by atoms with Crippen LogP contribution in [0.3, 0.4) is 0 Å². The van der Waals surface area contributed by atoms with Crippen LogP contribution in [0.2, 0.25) is 0 Å². The number of carbonyl (C=O) groups excluding carboxylic acids is 2. The van der Waals surface area contributed by atoms with Gasteiger partial charge in [0.05, 0.1) is 5.56 Å². The van der Waals surface area contributed by atoms with E-state index in [2.05, 4.69) is 5.32 Å². The summed E-state index contributed by atoms with van der Waals surface area (Å²) in [6.45, 7) is 8.61. The van der Waals surface area contributed by atoms with Crippen molar-refractivity contribution in [1.82, 2.24) is 5.32 Å². The summed E-state index contributed by atoms with van der Waals surface area (Å²) in [5.41, 5.74) is 0.368. The highest BCUT2D eigenvalue weighted by Gasteiger charge is 2.24. The molecule has 5 nitrogen and oxygen atoms in total. The quantitative estimate of drug-likeness (QED) is 0.831. The van der Waals surface area contributed by atoms with E-state index in [-0.39, 0.29) is 11.3 Å². The van der Waals surface area contributed by atoms with Crippen LogP contribution in [0.5, 0.6) is 5.75 Å². The van der Waals surface area contributed by atoms with Crippen LogP contribution in [0.1, 0.15) is 43.6 Å². The molecule has 0 aliphatic heterocycles. The van der Waals surface area contributed by atoms with Crippen LogP contribution < -0.4 is 5.32 Å². The lowest BCUT2D eigenvalue weighted by Gasteiger charge is -2.22. The van der Waals surface area contributed by atoms with Gasteiger partial charge in [0.25, 0.3) is 5.91 Å². The van der Waals surface area contributed by atoms with Gasteiger partial charge in [-0.05, 0) is 52.3 Å². The lowest BCUT2D eigenvalue weighted by atomic mass is 10.1. The third-order valence-electron chi connectivity index (χ3n) is 2.51. The standard InChI is InChI=1S/C15H21NO4/c1-9-6-7-11(12(17)8-9)13(18)16-10(2)14(19)20-15(3,4)5/h6-8,10,17H,1-5H3,(H,16,18)/t10-/m1/s1. The number of hydrogen-bond donors (Lipinski definition) is 2. The summed E-state index contributed by atoms with van der Waals surface area (Å²) in [6, 6.07) is 3.93. The van der Waals surface area contributed by atoms with Crippen LogP contribution in [0.25, 0.3) is 0 Å². The van der Waals surface area contributed by atoms with Crippen LogP contribution in [-0.2, 0) is 9.53 Å². The van der Waals surface area contributed by atoms with Crippen molar-refractivity contribution < 1.29 is 19.4 Å². The Morgan fingerprint density at radius 3 is 2.40 bits per heavy atom. The van der Waals surface area contributed by atoms with Gasteiger partial charge in [-0.15, -0.1) is 0 Å².